The number of carbonyl (C=O) groups is 3. The van der Waals surface area contributed by atoms with Gasteiger partial charge in [0.05, 0.1) is 45.7 Å². The molecule has 0 spiro atoms. The van der Waals surface area contributed by atoms with Crippen molar-refractivity contribution in [2.24, 2.45) is 0 Å². The van der Waals surface area contributed by atoms with Gasteiger partial charge in [0.2, 0.25) is 0 Å². The van der Waals surface area contributed by atoms with Crippen molar-refractivity contribution in [2.45, 2.75) is 52.1 Å². The number of amides is 2. The molecule has 2 N–H and O–H groups in total. The molecule has 0 unspecified atom stereocenters. The number of nitrogens with zero attached hydrogens (tertiary/aromatic N) is 3. The second-order valence-corrected chi connectivity index (χ2v) is 12.6. The molecule has 1 fully saturated rings. The number of nitrogens with one attached hydrogen (secondary N) is 2. The largest absolute Gasteiger partial charge is 0.462 e. The molecule has 11 heteroatoms. The summed E-state index contributed by atoms with van der Waals surface area (Å²) in [6.45, 7) is 9.45. The Labute approximate surface area is 272 Å². The van der Waals surface area contributed by atoms with Gasteiger partial charge in [-0.15, -0.1) is 0 Å². The van der Waals surface area contributed by atoms with E-state index in [2.05, 4.69) is 20.6 Å². The summed E-state index contributed by atoms with van der Waals surface area (Å²) in [5.74, 6) is -1.47. The maximum absolute atomic E-state index is 13.7. The van der Waals surface area contributed by atoms with Gasteiger partial charge in [-0.05, 0) is 107 Å². The van der Waals surface area contributed by atoms with E-state index in [1.54, 1.807) is 54.1 Å². The van der Waals surface area contributed by atoms with E-state index in [4.69, 9.17) is 16.3 Å². The molecule has 0 aliphatic carbocycles. The third kappa shape index (κ3) is 7.39. The topological polar surface area (TPSA) is 106 Å². The molecule has 3 aromatic carbocycles. The zero-order valence-corrected chi connectivity index (χ0v) is 27.0. The van der Waals surface area contributed by atoms with Crippen LogP contribution in [0.15, 0.2) is 72.9 Å². The fourth-order valence-electron chi connectivity index (χ4n) is 5.45. The van der Waals surface area contributed by atoms with Gasteiger partial charge in [-0.2, -0.15) is 5.10 Å². The summed E-state index contributed by atoms with van der Waals surface area (Å²) in [5, 5.41) is 10.7. The van der Waals surface area contributed by atoms with Crippen molar-refractivity contribution in [3.05, 3.63) is 100 Å². The van der Waals surface area contributed by atoms with E-state index in [0.29, 0.717) is 34.7 Å². The van der Waals surface area contributed by atoms with Crippen LogP contribution >= 0.6 is 11.6 Å². The Morgan fingerprint density at radius 3 is 2.26 bits per heavy atom. The van der Waals surface area contributed by atoms with Gasteiger partial charge in [-0.1, -0.05) is 11.6 Å². The van der Waals surface area contributed by atoms with Gasteiger partial charge >= 0.3 is 5.97 Å². The number of carbonyl (C=O) groups excluding carboxylic acids is 3. The molecule has 0 bridgehead atoms. The minimum atomic E-state index is -0.446. The maximum Gasteiger partial charge on any atom is 0.338 e. The number of rotatable bonds is 8. The summed E-state index contributed by atoms with van der Waals surface area (Å²) in [6, 6.07) is 18.0. The lowest BCUT2D eigenvalue weighted by molar-refractivity contribution is 0.0526. The highest BCUT2D eigenvalue weighted by Crippen LogP contribution is 2.30. The Balaban J connectivity index is 1.24. The number of anilines is 2. The lowest BCUT2D eigenvalue weighted by atomic mass is 10.0. The standard InChI is InChI=1S/C35H37ClFN5O4/c1-5-46-34(45)23-8-13-27(14-9-23)41-18-16-25(17-19-41)39-32(43)28-20-26(12-15-30(28)36)40-33(44)29-21-38-42(35(2,3)4)31(29)22-6-10-24(37)11-7-22/h6-15,20-21,25H,5,16-19H2,1-4H3,(H,39,43)(H,40,44). The first kappa shape index (κ1) is 32.7. The summed E-state index contributed by atoms with van der Waals surface area (Å²) in [5.41, 5.74) is 3.22. The molecule has 9 nitrogen and oxygen atoms in total. The van der Waals surface area contributed by atoms with E-state index < -0.39 is 11.4 Å². The minimum absolute atomic E-state index is 0.0571. The maximum atomic E-state index is 13.7. The van der Waals surface area contributed by atoms with Crippen molar-refractivity contribution in [2.75, 3.05) is 29.9 Å². The van der Waals surface area contributed by atoms with Crippen LogP contribution in [0.1, 0.15) is 71.6 Å². The molecule has 0 atom stereocenters. The normalized spacial score (nSPS) is 13.7. The number of halogens is 2. The Hall–Kier alpha value is -4.70. The molecule has 1 aliphatic heterocycles. The fourth-order valence-corrected chi connectivity index (χ4v) is 5.66. The molecule has 5 rings (SSSR count). The fraction of sp³-hybridized carbons (Fsp3) is 0.314. The molecule has 0 radical (unpaired) electrons. The van der Waals surface area contributed by atoms with Crippen LogP contribution < -0.4 is 15.5 Å². The van der Waals surface area contributed by atoms with Gasteiger partial charge in [0.1, 0.15) is 5.82 Å². The van der Waals surface area contributed by atoms with Crippen LogP contribution in [0.2, 0.25) is 5.02 Å². The van der Waals surface area contributed by atoms with E-state index in [0.717, 1.165) is 31.6 Å². The van der Waals surface area contributed by atoms with Gasteiger partial charge in [0.25, 0.3) is 11.8 Å². The molecule has 240 valence electrons. The molecule has 1 aliphatic rings. The molecular formula is C35H37ClFN5O4. The number of ether oxygens (including phenoxy) is 1. The van der Waals surface area contributed by atoms with Crippen LogP contribution in [0, 0.1) is 5.82 Å². The molecule has 2 heterocycles. The highest BCUT2D eigenvalue weighted by Gasteiger charge is 2.27. The van der Waals surface area contributed by atoms with Gasteiger partial charge in [0, 0.05) is 36.1 Å². The van der Waals surface area contributed by atoms with Crippen LogP contribution in [0.3, 0.4) is 0 Å². The Kier molecular flexibility index (Phi) is 9.76. The first-order valence-electron chi connectivity index (χ1n) is 15.2. The average Bonchev–Trinajstić information content (AvgIpc) is 3.49. The number of piperidine rings is 1. The first-order chi connectivity index (χ1) is 21.9. The Morgan fingerprint density at radius 2 is 1.63 bits per heavy atom. The van der Waals surface area contributed by atoms with Crippen LogP contribution in [-0.4, -0.2) is 53.3 Å². The van der Waals surface area contributed by atoms with E-state index in [-0.39, 0.29) is 34.3 Å². The van der Waals surface area contributed by atoms with Crippen molar-refractivity contribution < 1.29 is 23.5 Å². The SMILES string of the molecule is CCOC(=O)c1ccc(N2CCC(NC(=O)c3cc(NC(=O)c4cnn(C(C)(C)C)c4-c4ccc(F)cc4)ccc3Cl)CC2)cc1. The quantitative estimate of drug-likeness (QED) is 0.202. The van der Waals surface area contributed by atoms with Gasteiger partial charge in [0.15, 0.2) is 0 Å². The van der Waals surface area contributed by atoms with Gasteiger partial charge < -0.3 is 20.3 Å². The van der Waals surface area contributed by atoms with Crippen molar-refractivity contribution >= 4 is 40.8 Å². The van der Waals surface area contributed by atoms with Crippen LogP contribution in [0.5, 0.6) is 0 Å². The van der Waals surface area contributed by atoms with Crippen LogP contribution in [-0.2, 0) is 10.3 Å². The van der Waals surface area contributed by atoms with Crippen molar-refractivity contribution in [1.82, 2.24) is 15.1 Å². The monoisotopic (exact) mass is 645 g/mol. The minimum Gasteiger partial charge on any atom is -0.462 e. The van der Waals surface area contributed by atoms with Gasteiger partial charge in [-0.25, -0.2) is 9.18 Å². The smallest absolute Gasteiger partial charge is 0.338 e. The van der Waals surface area contributed by atoms with Crippen LogP contribution in [0.4, 0.5) is 15.8 Å². The van der Waals surface area contributed by atoms with E-state index in [1.807, 2.05) is 32.9 Å². The number of hydrogen-bond acceptors (Lipinski definition) is 6. The Bertz CT molecular complexity index is 1720. The number of hydrogen-bond donors (Lipinski definition) is 2. The number of aromatic nitrogens is 2. The van der Waals surface area contributed by atoms with E-state index in [9.17, 15) is 18.8 Å². The summed E-state index contributed by atoms with van der Waals surface area (Å²) in [4.78, 5) is 41.0. The number of benzene rings is 3. The van der Waals surface area contributed by atoms with E-state index >= 15 is 0 Å². The highest BCUT2D eigenvalue weighted by atomic mass is 35.5. The molecule has 2 amide bonds. The summed E-state index contributed by atoms with van der Waals surface area (Å²) in [6.07, 6.45) is 2.94. The lowest BCUT2D eigenvalue weighted by Crippen LogP contribution is -2.44. The van der Waals surface area contributed by atoms with Crippen LogP contribution in [0.25, 0.3) is 11.3 Å². The summed E-state index contributed by atoms with van der Waals surface area (Å²) >= 11 is 6.43. The predicted molar refractivity (Wildman–Crippen MR) is 177 cm³/mol. The van der Waals surface area contributed by atoms with Crippen molar-refractivity contribution in [1.29, 1.82) is 0 Å². The second-order valence-electron chi connectivity index (χ2n) is 12.1. The highest BCUT2D eigenvalue weighted by molar-refractivity contribution is 6.34. The first-order valence-corrected chi connectivity index (χ1v) is 15.6. The zero-order valence-electron chi connectivity index (χ0n) is 26.3. The average molecular weight is 646 g/mol. The zero-order chi connectivity index (χ0) is 33.0. The number of esters is 1. The third-order valence-electron chi connectivity index (χ3n) is 7.81. The van der Waals surface area contributed by atoms with Crippen molar-refractivity contribution in [3.63, 3.8) is 0 Å². The summed E-state index contributed by atoms with van der Waals surface area (Å²) in [7, 11) is 0. The molecule has 1 saturated heterocycles. The second kappa shape index (κ2) is 13.7. The molecule has 0 saturated carbocycles. The van der Waals surface area contributed by atoms with E-state index in [1.165, 1.54) is 18.3 Å². The molecule has 46 heavy (non-hydrogen) atoms. The Morgan fingerprint density at radius 1 is 0.957 bits per heavy atom. The molecular weight excluding hydrogens is 609 g/mol. The molecule has 1 aromatic heterocycles. The predicted octanol–water partition coefficient (Wildman–Crippen LogP) is 6.93. The lowest BCUT2D eigenvalue weighted by Gasteiger charge is -2.34. The third-order valence-corrected chi connectivity index (χ3v) is 8.14. The van der Waals surface area contributed by atoms with Crippen molar-refractivity contribution in [3.8, 4) is 11.3 Å². The van der Waals surface area contributed by atoms with Gasteiger partial charge in [-0.3, -0.25) is 14.3 Å². The molecule has 4 aromatic rings. The summed E-state index contributed by atoms with van der Waals surface area (Å²) < 4.78 is 20.5.